The topological polar surface area (TPSA) is 66.4 Å². The summed E-state index contributed by atoms with van der Waals surface area (Å²) in [6.07, 6.45) is 1.26. The summed E-state index contributed by atoms with van der Waals surface area (Å²) in [5, 5.41) is 11.6. The van der Waals surface area contributed by atoms with Crippen LogP contribution in [0.1, 0.15) is 18.4 Å². The zero-order chi connectivity index (χ0) is 12.4. The first kappa shape index (κ1) is 11.6. The molecule has 1 amide bonds. The van der Waals surface area contributed by atoms with Gasteiger partial charge in [0.2, 0.25) is 5.91 Å². The molecule has 2 rings (SSSR count). The Morgan fingerprint density at radius 2 is 1.76 bits per heavy atom. The number of rotatable bonds is 3. The Balaban J connectivity index is 1.98. The molecule has 1 saturated carbocycles. The molecule has 0 aliphatic heterocycles. The minimum Gasteiger partial charge on any atom is -0.481 e. The molecule has 0 heterocycles. The number of anilines is 1. The van der Waals surface area contributed by atoms with Gasteiger partial charge in [0.15, 0.2) is 0 Å². The lowest BCUT2D eigenvalue weighted by molar-refractivity contribution is -0.151. The number of hydrogen-bond donors (Lipinski definition) is 2. The number of aliphatic carboxylic acids is 1. The van der Waals surface area contributed by atoms with Gasteiger partial charge in [-0.25, -0.2) is 0 Å². The zero-order valence-electron chi connectivity index (χ0n) is 9.64. The summed E-state index contributed by atoms with van der Waals surface area (Å²) < 4.78 is 0. The van der Waals surface area contributed by atoms with E-state index in [2.05, 4.69) is 5.32 Å². The van der Waals surface area contributed by atoms with Crippen LogP contribution >= 0.6 is 0 Å². The van der Waals surface area contributed by atoms with Crippen molar-refractivity contribution in [2.24, 2.45) is 11.8 Å². The summed E-state index contributed by atoms with van der Waals surface area (Å²) in [7, 11) is 0. The van der Waals surface area contributed by atoms with Crippen molar-refractivity contribution in [2.45, 2.75) is 19.8 Å². The van der Waals surface area contributed by atoms with Crippen molar-refractivity contribution in [1.29, 1.82) is 0 Å². The molecule has 4 nitrogen and oxygen atoms in total. The second-order valence-electron chi connectivity index (χ2n) is 4.48. The van der Waals surface area contributed by atoms with Crippen LogP contribution in [-0.4, -0.2) is 17.0 Å². The number of carboxylic acid groups (broad SMARTS) is 1. The third kappa shape index (κ3) is 2.46. The number of nitrogens with one attached hydrogen (secondary N) is 1. The van der Waals surface area contributed by atoms with Gasteiger partial charge in [-0.1, -0.05) is 17.7 Å². The molecule has 0 saturated heterocycles. The first-order chi connectivity index (χ1) is 8.08. The predicted molar refractivity (Wildman–Crippen MR) is 63.7 cm³/mol. The SMILES string of the molecule is Cc1ccc(NC(=O)C2CCC2C(=O)O)cc1. The van der Waals surface area contributed by atoms with Crippen molar-refractivity contribution in [1.82, 2.24) is 0 Å². The van der Waals surface area contributed by atoms with E-state index < -0.39 is 11.9 Å². The summed E-state index contributed by atoms with van der Waals surface area (Å²) in [6.45, 7) is 1.97. The fourth-order valence-electron chi connectivity index (χ4n) is 1.98. The molecular weight excluding hydrogens is 218 g/mol. The van der Waals surface area contributed by atoms with Crippen molar-refractivity contribution in [3.05, 3.63) is 29.8 Å². The average molecular weight is 233 g/mol. The van der Waals surface area contributed by atoms with Gasteiger partial charge in [0.1, 0.15) is 0 Å². The summed E-state index contributed by atoms with van der Waals surface area (Å²) in [5.74, 6) is -1.96. The lowest BCUT2D eigenvalue weighted by atomic mass is 9.73. The quantitative estimate of drug-likeness (QED) is 0.839. The van der Waals surface area contributed by atoms with Crippen LogP contribution in [0.25, 0.3) is 0 Å². The van der Waals surface area contributed by atoms with Crippen LogP contribution in [0, 0.1) is 18.8 Å². The maximum Gasteiger partial charge on any atom is 0.307 e. The van der Waals surface area contributed by atoms with E-state index in [0.29, 0.717) is 12.8 Å². The normalized spacial score (nSPS) is 22.6. The molecule has 90 valence electrons. The van der Waals surface area contributed by atoms with Gasteiger partial charge < -0.3 is 10.4 Å². The Kier molecular flexibility index (Phi) is 3.13. The number of aryl methyl sites for hydroxylation is 1. The van der Waals surface area contributed by atoms with E-state index in [0.717, 1.165) is 11.3 Å². The Labute approximate surface area is 99.6 Å². The summed E-state index contributed by atoms with van der Waals surface area (Å²) in [5.41, 5.74) is 1.84. The van der Waals surface area contributed by atoms with Gasteiger partial charge in [-0.2, -0.15) is 0 Å². The number of benzene rings is 1. The fraction of sp³-hybridized carbons (Fsp3) is 0.385. The maximum atomic E-state index is 11.8. The number of carbonyl (C=O) groups is 2. The fourth-order valence-corrected chi connectivity index (χ4v) is 1.98. The van der Waals surface area contributed by atoms with Gasteiger partial charge in [0, 0.05) is 5.69 Å². The highest BCUT2D eigenvalue weighted by Crippen LogP contribution is 2.35. The molecule has 1 aromatic rings. The summed E-state index contributed by atoms with van der Waals surface area (Å²) in [4.78, 5) is 22.6. The number of carbonyl (C=O) groups excluding carboxylic acids is 1. The molecule has 1 fully saturated rings. The monoisotopic (exact) mass is 233 g/mol. The van der Waals surface area contributed by atoms with Gasteiger partial charge >= 0.3 is 5.97 Å². The standard InChI is InChI=1S/C13H15NO3/c1-8-2-4-9(5-3-8)14-12(15)10-6-7-11(10)13(16)17/h2-5,10-11H,6-7H2,1H3,(H,14,15)(H,16,17). The smallest absolute Gasteiger partial charge is 0.307 e. The van der Waals surface area contributed by atoms with E-state index in [1.807, 2.05) is 31.2 Å². The third-order valence-electron chi connectivity index (χ3n) is 3.25. The van der Waals surface area contributed by atoms with E-state index in [1.54, 1.807) is 0 Å². The summed E-state index contributed by atoms with van der Waals surface area (Å²) >= 11 is 0. The largest absolute Gasteiger partial charge is 0.481 e. The average Bonchev–Trinajstić information content (AvgIpc) is 2.18. The molecule has 17 heavy (non-hydrogen) atoms. The Morgan fingerprint density at radius 3 is 2.24 bits per heavy atom. The molecule has 1 aromatic carbocycles. The van der Waals surface area contributed by atoms with E-state index in [4.69, 9.17) is 5.11 Å². The molecule has 4 heteroatoms. The zero-order valence-corrected chi connectivity index (χ0v) is 9.64. The lowest BCUT2D eigenvalue weighted by Gasteiger charge is -2.31. The predicted octanol–water partition coefficient (Wildman–Crippen LogP) is 2.04. The van der Waals surface area contributed by atoms with Crippen molar-refractivity contribution in [2.75, 3.05) is 5.32 Å². The van der Waals surface area contributed by atoms with Crippen LogP contribution in [-0.2, 0) is 9.59 Å². The Hall–Kier alpha value is -1.84. The molecule has 0 aromatic heterocycles. The van der Waals surface area contributed by atoms with Gasteiger partial charge in [0.05, 0.1) is 11.8 Å². The second-order valence-corrected chi connectivity index (χ2v) is 4.48. The van der Waals surface area contributed by atoms with Gasteiger partial charge in [0.25, 0.3) is 0 Å². The minimum absolute atomic E-state index is 0.187. The van der Waals surface area contributed by atoms with Gasteiger partial charge in [-0.05, 0) is 31.9 Å². The van der Waals surface area contributed by atoms with E-state index in [-0.39, 0.29) is 11.8 Å². The highest BCUT2D eigenvalue weighted by molar-refractivity contribution is 5.96. The second kappa shape index (κ2) is 4.57. The van der Waals surface area contributed by atoms with Crippen molar-refractivity contribution in [3.63, 3.8) is 0 Å². The molecule has 2 N–H and O–H groups in total. The van der Waals surface area contributed by atoms with E-state index in [9.17, 15) is 9.59 Å². The first-order valence-corrected chi connectivity index (χ1v) is 5.68. The van der Waals surface area contributed by atoms with Crippen LogP contribution in [0.15, 0.2) is 24.3 Å². The number of carboxylic acids is 1. The molecule has 0 bridgehead atoms. The van der Waals surface area contributed by atoms with Crippen LogP contribution in [0.2, 0.25) is 0 Å². The van der Waals surface area contributed by atoms with Crippen molar-refractivity contribution >= 4 is 17.6 Å². The first-order valence-electron chi connectivity index (χ1n) is 5.68. The number of hydrogen-bond acceptors (Lipinski definition) is 2. The lowest BCUT2D eigenvalue weighted by Crippen LogP contribution is -2.41. The van der Waals surface area contributed by atoms with Gasteiger partial charge in [-0.15, -0.1) is 0 Å². The summed E-state index contributed by atoms with van der Waals surface area (Å²) in [6, 6.07) is 7.46. The minimum atomic E-state index is -0.875. The molecule has 2 atom stereocenters. The molecule has 0 radical (unpaired) electrons. The van der Waals surface area contributed by atoms with Crippen LogP contribution < -0.4 is 5.32 Å². The highest BCUT2D eigenvalue weighted by atomic mass is 16.4. The van der Waals surface area contributed by atoms with Crippen molar-refractivity contribution in [3.8, 4) is 0 Å². The van der Waals surface area contributed by atoms with E-state index >= 15 is 0 Å². The molecule has 0 spiro atoms. The third-order valence-corrected chi connectivity index (χ3v) is 3.25. The van der Waals surface area contributed by atoms with Crippen LogP contribution in [0.3, 0.4) is 0 Å². The van der Waals surface area contributed by atoms with Gasteiger partial charge in [-0.3, -0.25) is 9.59 Å². The van der Waals surface area contributed by atoms with Crippen LogP contribution in [0.4, 0.5) is 5.69 Å². The molecule has 1 aliphatic carbocycles. The molecule has 1 aliphatic rings. The highest BCUT2D eigenvalue weighted by Gasteiger charge is 2.41. The van der Waals surface area contributed by atoms with Crippen molar-refractivity contribution < 1.29 is 14.7 Å². The van der Waals surface area contributed by atoms with E-state index in [1.165, 1.54) is 0 Å². The molecule has 2 unspecified atom stereocenters. The van der Waals surface area contributed by atoms with Crippen LogP contribution in [0.5, 0.6) is 0 Å². The Bertz CT molecular complexity index is 438. The molecular formula is C13H15NO3. The maximum absolute atomic E-state index is 11.8. The number of amides is 1. The Morgan fingerprint density at radius 1 is 1.18 bits per heavy atom.